The molecule has 4 N–H and O–H groups in total. The lowest BCUT2D eigenvalue weighted by molar-refractivity contribution is 0.0699. The van der Waals surface area contributed by atoms with Crippen molar-refractivity contribution in [3.05, 3.63) is 138 Å². The Balaban J connectivity index is 1.61. The molecule has 4 aromatic heterocycles. The van der Waals surface area contributed by atoms with Crippen LogP contribution in [0.4, 0.5) is 0 Å². The van der Waals surface area contributed by atoms with Gasteiger partial charge in [0.15, 0.2) is 0 Å². The molecule has 210 valence electrons. The number of carboxylic acids is 1. The van der Waals surface area contributed by atoms with E-state index in [0.29, 0.717) is 16.7 Å². The molecule has 0 atom stereocenters. The van der Waals surface area contributed by atoms with Crippen LogP contribution in [0.3, 0.4) is 0 Å². The van der Waals surface area contributed by atoms with Crippen LogP contribution >= 0.6 is 0 Å². The molecule has 1 aliphatic heterocycles. The number of aromatic carboxylic acids is 1. The van der Waals surface area contributed by atoms with E-state index >= 15 is 0 Å². The highest BCUT2D eigenvalue weighted by Crippen LogP contribution is 2.36. The first-order valence-electron chi connectivity index (χ1n) is 14.4. The quantitative estimate of drug-likeness (QED) is 0.170. The third-order valence-electron chi connectivity index (χ3n) is 8.11. The van der Waals surface area contributed by atoms with Gasteiger partial charge in [-0.15, -0.1) is 0 Å². The molecular weight excluding hydrogens is 544 g/mol. The fraction of sp³-hybridized carbons (Fsp3) is 0. The molecule has 7 aromatic rings. The first-order valence-corrected chi connectivity index (χ1v) is 14.4. The highest BCUT2D eigenvalue weighted by atomic mass is 16.4. The van der Waals surface area contributed by atoms with Crippen molar-refractivity contribution in [1.29, 1.82) is 0 Å². The van der Waals surface area contributed by atoms with Gasteiger partial charge >= 0.3 is 5.97 Å². The number of benzene rings is 3. The van der Waals surface area contributed by atoms with Crippen molar-refractivity contribution in [3.8, 4) is 33.4 Å². The van der Waals surface area contributed by atoms with Gasteiger partial charge in [-0.05, 0) is 59.2 Å². The van der Waals surface area contributed by atoms with Gasteiger partial charge < -0.3 is 20.1 Å². The second-order valence-electron chi connectivity index (χ2n) is 10.8. The Hall–Kier alpha value is -6.14. The standard InChI is InChI=1S/C38H26N4O2/c43-38(44)26-22-33-27-16-17-28(39-27)34(23-10-4-1-5-11-23)29-18-19-30(40-29)35(24-12-6-2-7-13-24)31-20-21-32(41-31)36(37(26)42-33)25-14-8-3-9-15-25/h1-22,40-42H,(H,43,44). The Morgan fingerprint density at radius 2 is 0.955 bits per heavy atom. The van der Waals surface area contributed by atoms with Crippen molar-refractivity contribution in [2.75, 3.05) is 0 Å². The van der Waals surface area contributed by atoms with Gasteiger partial charge in [0.2, 0.25) is 0 Å². The van der Waals surface area contributed by atoms with Crippen molar-refractivity contribution >= 4 is 51.2 Å². The maximum atomic E-state index is 12.7. The summed E-state index contributed by atoms with van der Waals surface area (Å²) in [5.41, 5.74) is 12.0. The molecule has 8 rings (SSSR count). The van der Waals surface area contributed by atoms with Crippen LogP contribution in [-0.2, 0) is 0 Å². The maximum absolute atomic E-state index is 12.7. The van der Waals surface area contributed by atoms with Gasteiger partial charge in [-0.2, -0.15) is 0 Å². The van der Waals surface area contributed by atoms with Gasteiger partial charge in [0.25, 0.3) is 0 Å². The summed E-state index contributed by atoms with van der Waals surface area (Å²) in [6, 6.07) is 40.3. The molecule has 0 radical (unpaired) electrons. The molecule has 5 heterocycles. The third-order valence-corrected chi connectivity index (χ3v) is 8.11. The number of nitrogens with one attached hydrogen (secondary N) is 3. The van der Waals surface area contributed by atoms with Gasteiger partial charge in [0.1, 0.15) is 0 Å². The smallest absolute Gasteiger partial charge is 0.337 e. The molecule has 0 fully saturated rings. The normalized spacial score (nSPS) is 11.7. The number of carbonyl (C=O) groups is 1. The third kappa shape index (κ3) is 4.28. The lowest BCUT2D eigenvalue weighted by Crippen LogP contribution is -1.95. The number of fused-ring (bicyclic) bond motifs is 9. The molecule has 1 aliphatic rings. The fourth-order valence-corrected chi connectivity index (χ4v) is 6.13. The largest absolute Gasteiger partial charge is 0.478 e. The number of nitrogens with zero attached hydrogens (tertiary/aromatic N) is 1. The first-order chi connectivity index (χ1) is 21.6. The molecule has 44 heavy (non-hydrogen) atoms. The SMILES string of the molecule is O=C(O)c1cc2[nH]c1c(-c1ccccc1)c1ccc([nH]1)c(-c1ccccc1)c1ccc([nH]1)c(-c1ccccc1)c1nc2C=C1. The Bertz CT molecular complexity index is 2340. The predicted molar refractivity (Wildman–Crippen MR) is 178 cm³/mol. The van der Waals surface area contributed by atoms with Gasteiger partial charge in [-0.1, -0.05) is 91.0 Å². The van der Waals surface area contributed by atoms with E-state index in [1.165, 1.54) is 0 Å². The van der Waals surface area contributed by atoms with Crippen LogP contribution in [0.5, 0.6) is 0 Å². The summed E-state index contributed by atoms with van der Waals surface area (Å²) in [7, 11) is 0. The van der Waals surface area contributed by atoms with Gasteiger partial charge in [-0.3, -0.25) is 0 Å². The van der Waals surface area contributed by atoms with Gasteiger partial charge in [0, 0.05) is 38.8 Å². The summed E-state index contributed by atoms with van der Waals surface area (Å²) >= 11 is 0. The highest BCUT2D eigenvalue weighted by Gasteiger charge is 2.19. The second-order valence-corrected chi connectivity index (χ2v) is 10.8. The van der Waals surface area contributed by atoms with Crippen molar-refractivity contribution in [3.63, 3.8) is 0 Å². The summed E-state index contributed by atoms with van der Waals surface area (Å²) in [6.07, 6.45) is 3.93. The van der Waals surface area contributed by atoms with E-state index in [2.05, 4.69) is 57.4 Å². The lowest BCUT2D eigenvalue weighted by Gasteiger charge is -2.05. The lowest BCUT2D eigenvalue weighted by atomic mass is 10.0. The molecule has 0 spiro atoms. The van der Waals surface area contributed by atoms with Crippen molar-refractivity contribution in [2.24, 2.45) is 0 Å². The highest BCUT2D eigenvalue weighted by molar-refractivity contribution is 6.08. The molecule has 0 unspecified atom stereocenters. The molecule has 0 aliphatic carbocycles. The number of aromatic nitrogens is 4. The van der Waals surface area contributed by atoms with Crippen molar-refractivity contribution in [1.82, 2.24) is 19.9 Å². The maximum Gasteiger partial charge on any atom is 0.337 e. The molecule has 3 aromatic carbocycles. The summed E-state index contributed by atoms with van der Waals surface area (Å²) in [5, 5.41) is 10.4. The van der Waals surface area contributed by atoms with E-state index in [-0.39, 0.29) is 5.56 Å². The van der Waals surface area contributed by atoms with Crippen molar-refractivity contribution < 1.29 is 9.90 Å². The van der Waals surface area contributed by atoms with E-state index in [1.807, 2.05) is 84.9 Å². The molecule has 0 saturated carbocycles. The molecule has 0 saturated heterocycles. The predicted octanol–water partition coefficient (Wildman–Crippen LogP) is 9.40. The van der Waals surface area contributed by atoms with Crippen LogP contribution in [0.15, 0.2) is 121 Å². The summed E-state index contributed by atoms with van der Waals surface area (Å²) < 4.78 is 0. The topological polar surface area (TPSA) is 97.6 Å². The van der Waals surface area contributed by atoms with E-state index in [1.54, 1.807) is 6.07 Å². The summed E-state index contributed by atoms with van der Waals surface area (Å²) in [6.45, 7) is 0. The Morgan fingerprint density at radius 1 is 0.500 bits per heavy atom. The number of hydrogen-bond donors (Lipinski definition) is 4. The average molecular weight is 571 g/mol. The number of carboxylic acid groups (broad SMARTS) is 1. The molecule has 6 nitrogen and oxygen atoms in total. The minimum atomic E-state index is -1.01. The molecule has 6 heteroatoms. The zero-order valence-electron chi connectivity index (χ0n) is 23.5. The minimum Gasteiger partial charge on any atom is -0.478 e. The Kier molecular flexibility index (Phi) is 5.98. The van der Waals surface area contributed by atoms with E-state index in [4.69, 9.17) is 4.98 Å². The number of rotatable bonds is 4. The van der Waals surface area contributed by atoms with E-state index < -0.39 is 5.97 Å². The Morgan fingerprint density at radius 3 is 1.50 bits per heavy atom. The van der Waals surface area contributed by atoms with E-state index in [0.717, 1.165) is 61.1 Å². The second kappa shape index (κ2) is 10.3. The van der Waals surface area contributed by atoms with Gasteiger partial charge in [-0.25, -0.2) is 9.78 Å². The zero-order chi connectivity index (χ0) is 29.6. The first kappa shape index (κ1) is 25.6. The summed E-state index contributed by atoms with van der Waals surface area (Å²) in [4.78, 5) is 28.6. The van der Waals surface area contributed by atoms with Crippen molar-refractivity contribution in [2.45, 2.75) is 0 Å². The zero-order valence-corrected chi connectivity index (χ0v) is 23.5. The number of H-pyrrole nitrogens is 3. The van der Waals surface area contributed by atoms with Gasteiger partial charge in [0.05, 0.1) is 28.0 Å². The van der Waals surface area contributed by atoms with Crippen LogP contribution in [-0.4, -0.2) is 31.0 Å². The molecular formula is C38H26N4O2. The Labute approximate surface area is 252 Å². The van der Waals surface area contributed by atoms with E-state index in [9.17, 15) is 9.90 Å². The van der Waals surface area contributed by atoms with Crippen LogP contribution in [0.25, 0.3) is 78.6 Å². The number of hydrogen-bond acceptors (Lipinski definition) is 2. The minimum absolute atomic E-state index is 0.179. The van der Waals surface area contributed by atoms with Crippen LogP contribution in [0, 0.1) is 0 Å². The fourth-order valence-electron chi connectivity index (χ4n) is 6.13. The van der Waals surface area contributed by atoms with Crippen LogP contribution < -0.4 is 0 Å². The molecule has 0 amide bonds. The van der Waals surface area contributed by atoms with Crippen LogP contribution in [0.1, 0.15) is 21.7 Å². The molecule has 8 bridgehead atoms. The van der Waals surface area contributed by atoms with Crippen LogP contribution in [0.2, 0.25) is 0 Å². The monoisotopic (exact) mass is 570 g/mol. The number of aromatic amines is 3. The average Bonchev–Trinajstić information content (AvgIpc) is 3.88. The summed E-state index contributed by atoms with van der Waals surface area (Å²) in [5.74, 6) is -1.01.